The van der Waals surface area contributed by atoms with Gasteiger partial charge >= 0.3 is 6.03 Å². The van der Waals surface area contributed by atoms with Crippen LogP contribution in [0.25, 0.3) is 0 Å². The lowest BCUT2D eigenvalue weighted by atomic mass is 10.0. The molecule has 1 fully saturated rings. The number of nitrogens with one attached hydrogen (secondary N) is 2. The van der Waals surface area contributed by atoms with Crippen molar-refractivity contribution >= 4 is 11.9 Å². The smallest absolute Gasteiger partial charge is 0.318 e. The quantitative estimate of drug-likeness (QED) is 0.582. The number of hydrogen-bond acceptors (Lipinski definition) is 4. The number of carbonyl (C=O) groups excluding carboxylic acids is 2. The van der Waals surface area contributed by atoms with Crippen molar-refractivity contribution in [3.63, 3.8) is 0 Å². The number of carbonyl (C=O) groups is 2. The molecule has 1 aliphatic heterocycles. The van der Waals surface area contributed by atoms with Crippen molar-refractivity contribution in [2.24, 2.45) is 5.73 Å². The van der Waals surface area contributed by atoms with Crippen LogP contribution in [0.4, 0.5) is 4.79 Å². The van der Waals surface area contributed by atoms with Crippen LogP contribution in [-0.2, 0) is 9.53 Å². The number of nitrogens with two attached hydrogens (primary N) is 1. The number of rotatable bonds is 3. The van der Waals surface area contributed by atoms with Gasteiger partial charge < -0.3 is 15.8 Å². The maximum atomic E-state index is 11.1. The second-order valence-corrected chi connectivity index (χ2v) is 3.70. The van der Waals surface area contributed by atoms with Gasteiger partial charge in [0.15, 0.2) is 0 Å². The molecule has 6 nitrogen and oxygen atoms in total. The van der Waals surface area contributed by atoms with Crippen LogP contribution in [0.15, 0.2) is 0 Å². The summed E-state index contributed by atoms with van der Waals surface area (Å²) in [5.41, 5.74) is 4.81. The lowest BCUT2D eigenvalue weighted by molar-refractivity contribution is -0.119. The zero-order chi connectivity index (χ0) is 11.3. The molecule has 4 N–H and O–H groups in total. The highest BCUT2D eigenvalue weighted by Gasteiger charge is 2.19. The van der Waals surface area contributed by atoms with Gasteiger partial charge in [-0.3, -0.25) is 10.1 Å². The third kappa shape index (κ3) is 4.75. The molecule has 0 aliphatic carbocycles. The Labute approximate surface area is 88.5 Å². The lowest BCUT2D eigenvalue weighted by Gasteiger charge is -2.27. The molecule has 1 saturated heterocycles. The number of ether oxygens (including phenoxy) is 1. The average molecular weight is 215 g/mol. The Kier molecular flexibility index (Phi) is 4.51. The first-order valence-electron chi connectivity index (χ1n) is 5.02. The van der Waals surface area contributed by atoms with Crippen LogP contribution in [0.5, 0.6) is 0 Å². The van der Waals surface area contributed by atoms with E-state index in [2.05, 4.69) is 5.32 Å². The first-order valence-corrected chi connectivity index (χ1v) is 5.02. The number of primary amides is 1. The van der Waals surface area contributed by atoms with Crippen LogP contribution in [0.2, 0.25) is 0 Å². The molecule has 1 rings (SSSR count). The molecule has 0 aromatic carbocycles. The maximum Gasteiger partial charge on any atom is 0.318 e. The molecule has 0 spiro atoms. The van der Waals surface area contributed by atoms with Crippen LogP contribution >= 0.6 is 0 Å². The molecule has 2 atom stereocenters. The van der Waals surface area contributed by atoms with E-state index in [4.69, 9.17) is 10.5 Å². The van der Waals surface area contributed by atoms with E-state index >= 15 is 0 Å². The third-order valence-corrected chi connectivity index (χ3v) is 2.30. The minimum atomic E-state index is -0.817. The predicted molar refractivity (Wildman–Crippen MR) is 54.2 cm³/mol. The average Bonchev–Trinajstić information content (AvgIpc) is 2.14. The summed E-state index contributed by atoms with van der Waals surface area (Å²) in [4.78, 5) is 21.4. The third-order valence-electron chi connectivity index (χ3n) is 2.30. The van der Waals surface area contributed by atoms with Crippen molar-refractivity contribution in [3.8, 4) is 0 Å². The Morgan fingerprint density at radius 3 is 2.87 bits per heavy atom. The van der Waals surface area contributed by atoms with Crippen molar-refractivity contribution in [3.05, 3.63) is 0 Å². The first kappa shape index (κ1) is 11.9. The van der Waals surface area contributed by atoms with E-state index in [0.29, 0.717) is 6.61 Å². The normalized spacial score (nSPS) is 25.9. The molecule has 0 saturated carbocycles. The van der Waals surface area contributed by atoms with Crippen LogP contribution in [0, 0.1) is 0 Å². The highest BCUT2D eigenvalue weighted by atomic mass is 16.5. The summed E-state index contributed by atoms with van der Waals surface area (Å²) < 4.78 is 5.36. The molecule has 0 aromatic heterocycles. The first-order chi connectivity index (χ1) is 7.08. The van der Waals surface area contributed by atoms with E-state index in [1.807, 2.05) is 12.2 Å². The van der Waals surface area contributed by atoms with Crippen molar-refractivity contribution < 1.29 is 14.3 Å². The van der Waals surface area contributed by atoms with Gasteiger partial charge in [-0.2, -0.15) is 0 Å². The second-order valence-electron chi connectivity index (χ2n) is 3.70. The van der Waals surface area contributed by atoms with Gasteiger partial charge in [-0.15, -0.1) is 0 Å². The van der Waals surface area contributed by atoms with Gasteiger partial charge in [0, 0.05) is 12.6 Å². The van der Waals surface area contributed by atoms with Crippen molar-refractivity contribution in [1.29, 1.82) is 0 Å². The van der Waals surface area contributed by atoms with Crippen molar-refractivity contribution in [1.82, 2.24) is 10.6 Å². The molecule has 0 radical (unpaired) electrons. The fraction of sp³-hybridized carbons (Fsp3) is 0.778. The molecule has 0 aromatic rings. The largest absolute Gasteiger partial charge is 0.378 e. The van der Waals surface area contributed by atoms with Crippen molar-refractivity contribution in [2.45, 2.75) is 31.9 Å². The summed E-state index contributed by atoms with van der Waals surface area (Å²) in [5, 5.41) is 5.06. The minimum Gasteiger partial charge on any atom is -0.378 e. The highest BCUT2D eigenvalue weighted by molar-refractivity contribution is 5.94. The summed E-state index contributed by atoms with van der Waals surface area (Å²) in [6, 6.07) is -0.547. The van der Waals surface area contributed by atoms with Crippen molar-refractivity contribution in [2.75, 3.05) is 13.2 Å². The number of urea groups is 1. The van der Waals surface area contributed by atoms with E-state index in [0.717, 1.165) is 12.8 Å². The number of amides is 3. The van der Waals surface area contributed by atoms with E-state index in [9.17, 15) is 9.59 Å². The number of hydrogen-bond donors (Lipinski definition) is 3. The molecule has 6 heteroatoms. The molecule has 86 valence electrons. The molecule has 1 heterocycles. The van der Waals surface area contributed by atoms with Gasteiger partial charge in [-0.1, -0.05) is 0 Å². The Hall–Kier alpha value is -1.14. The van der Waals surface area contributed by atoms with Gasteiger partial charge in [-0.25, -0.2) is 4.79 Å². The summed E-state index contributed by atoms with van der Waals surface area (Å²) in [6.45, 7) is 2.81. The molecule has 3 amide bonds. The molecule has 1 aliphatic rings. The zero-order valence-corrected chi connectivity index (χ0v) is 8.79. The highest BCUT2D eigenvalue weighted by Crippen LogP contribution is 2.12. The van der Waals surface area contributed by atoms with E-state index in [1.54, 1.807) is 0 Å². The monoisotopic (exact) mass is 215 g/mol. The van der Waals surface area contributed by atoms with Gasteiger partial charge in [0.05, 0.1) is 12.6 Å². The SMILES string of the molecule is CC1CC(NCC(=O)NC(N)=O)CCO1. The standard InChI is InChI=1S/C9H17N3O3/c1-6-4-7(2-3-15-6)11-5-8(13)12-9(10)14/h6-7,11H,2-5H2,1H3,(H3,10,12,13,14). The van der Waals surface area contributed by atoms with Gasteiger partial charge in [0.1, 0.15) is 0 Å². The Morgan fingerprint density at radius 1 is 1.53 bits per heavy atom. The van der Waals surface area contributed by atoms with Crippen LogP contribution in [-0.4, -0.2) is 37.2 Å². The molecular formula is C9H17N3O3. The summed E-state index contributed by atoms with van der Waals surface area (Å²) in [7, 11) is 0. The van der Waals surface area contributed by atoms with E-state index in [-0.39, 0.29) is 18.7 Å². The predicted octanol–water partition coefficient (Wildman–Crippen LogP) is -0.662. The van der Waals surface area contributed by atoms with Gasteiger partial charge in [-0.05, 0) is 19.8 Å². The molecule has 15 heavy (non-hydrogen) atoms. The lowest BCUT2D eigenvalue weighted by Crippen LogP contribution is -2.45. The molecular weight excluding hydrogens is 198 g/mol. The van der Waals surface area contributed by atoms with Crippen LogP contribution < -0.4 is 16.4 Å². The Balaban J connectivity index is 2.18. The Bertz CT molecular complexity index is 245. The topological polar surface area (TPSA) is 93.5 Å². The zero-order valence-electron chi connectivity index (χ0n) is 8.79. The Morgan fingerprint density at radius 2 is 2.27 bits per heavy atom. The van der Waals surface area contributed by atoms with Gasteiger partial charge in [0.2, 0.25) is 5.91 Å². The maximum absolute atomic E-state index is 11.1. The summed E-state index contributed by atoms with van der Waals surface area (Å²) in [6.07, 6.45) is 1.98. The molecule has 2 unspecified atom stereocenters. The fourth-order valence-electron chi connectivity index (χ4n) is 1.60. The second kappa shape index (κ2) is 5.67. The fourth-order valence-corrected chi connectivity index (χ4v) is 1.60. The van der Waals surface area contributed by atoms with Gasteiger partial charge in [0.25, 0.3) is 0 Å². The summed E-state index contributed by atoms with van der Waals surface area (Å²) in [5.74, 6) is -0.401. The van der Waals surface area contributed by atoms with Crippen LogP contribution in [0.1, 0.15) is 19.8 Å². The molecule has 0 bridgehead atoms. The minimum absolute atomic E-state index is 0.111. The number of imide groups is 1. The van der Waals surface area contributed by atoms with E-state index in [1.165, 1.54) is 0 Å². The van der Waals surface area contributed by atoms with E-state index < -0.39 is 11.9 Å². The van der Waals surface area contributed by atoms with Crippen LogP contribution in [0.3, 0.4) is 0 Å². The summed E-state index contributed by atoms with van der Waals surface area (Å²) >= 11 is 0.